The predicted molar refractivity (Wildman–Crippen MR) is 51.1 cm³/mol. The molecule has 0 spiro atoms. The Morgan fingerprint density at radius 1 is 1.15 bits per heavy atom. The molecule has 0 aliphatic heterocycles. The molecule has 0 bridgehead atoms. The summed E-state index contributed by atoms with van der Waals surface area (Å²) in [6, 6.07) is 0. The zero-order valence-electron chi connectivity index (χ0n) is 8.43. The number of rotatable bonds is 2. The fraction of sp³-hybridized carbons (Fsp3) is 0.600. The van der Waals surface area contributed by atoms with Gasteiger partial charge in [0.25, 0.3) is 5.43 Å². The highest BCUT2D eigenvalue weighted by Crippen LogP contribution is 2.18. The van der Waals surface area contributed by atoms with Crippen LogP contribution in [0.3, 0.4) is 0 Å². The van der Waals surface area contributed by atoms with E-state index in [1.54, 1.807) is 0 Å². The Morgan fingerprint density at radius 3 is 2.08 bits per heavy atom. The van der Waals surface area contributed by atoms with Crippen LogP contribution in [0.15, 0.2) is 9.59 Å². The molecule has 0 aromatic heterocycles. The normalized spacial score (nSPS) is 12.0. The first-order valence-electron chi connectivity index (χ1n) is 4.38. The Bertz CT molecular complexity index is 375. The summed E-state index contributed by atoms with van der Waals surface area (Å²) < 4.78 is 5.37. The molecule has 72 valence electrons. The van der Waals surface area contributed by atoms with Crippen molar-refractivity contribution in [2.45, 2.75) is 39.7 Å². The van der Waals surface area contributed by atoms with Crippen molar-refractivity contribution in [3.8, 4) is 5.75 Å². The maximum atomic E-state index is 11.1. The third-order valence-electron chi connectivity index (χ3n) is 1.72. The lowest BCUT2D eigenvalue weighted by Gasteiger charge is -2.23. The lowest BCUT2D eigenvalue weighted by atomic mass is 10.1. The standard InChI is InChI=1S/C10H14O3/c1-5-6-7(11)8(12)9(6)13-10(2,3)4/h5H2,1-4H3/i5+1. The van der Waals surface area contributed by atoms with Gasteiger partial charge < -0.3 is 4.74 Å². The van der Waals surface area contributed by atoms with Gasteiger partial charge >= 0.3 is 0 Å². The van der Waals surface area contributed by atoms with Gasteiger partial charge in [-0.05, 0) is 27.2 Å². The van der Waals surface area contributed by atoms with Crippen molar-refractivity contribution in [3.63, 3.8) is 0 Å². The topological polar surface area (TPSA) is 43.4 Å². The Labute approximate surface area is 77.0 Å². The minimum Gasteiger partial charge on any atom is -0.483 e. The second kappa shape index (κ2) is 2.98. The van der Waals surface area contributed by atoms with E-state index in [1.165, 1.54) is 0 Å². The lowest BCUT2D eigenvalue weighted by Crippen LogP contribution is -2.40. The van der Waals surface area contributed by atoms with Crippen molar-refractivity contribution in [3.05, 3.63) is 26.0 Å². The monoisotopic (exact) mass is 183 g/mol. The number of hydrogen-bond donors (Lipinski definition) is 0. The molecule has 1 aromatic rings. The van der Waals surface area contributed by atoms with Crippen molar-refractivity contribution in [1.29, 1.82) is 0 Å². The van der Waals surface area contributed by atoms with Crippen molar-refractivity contribution in [2.75, 3.05) is 0 Å². The second-order valence-electron chi connectivity index (χ2n) is 4.03. The van der Waals surface area contributed by atoms with E-state index < -0.39 is 11.0 Å². The van der Waals surface area contributed by atoms with Gasteiger partial charge in [-0.3, -0.25) is 9.59 Å². The molecular weight excluding hydrogens is 169 g/mol. The highest BCUT2D eigenvalue weighted by Gasteiger charge is 2.24. The molecule has 0 radical (unpaired) electrons. The van der Waals surface area contributed by atoms with Crippen molar-refractivity contribution in [2.24, 2.45) is 0 Å². The molecule has 0 heterocycles. The molecule has 0 saturated heterocycles. The van der Waals surface area contributed by atoms with E-state index in [9.17, 15) is 9.59 Å². The highest BCUT2D eigenvalue weighted by molar-refractivity contribution is 5.39. The molecule has 0 saturated carbocycles. The zero-order chi connectivity index (χ0) is 10.2. The fourth-order valence-corrected chi connectivity index (χ4v) is 1.15. The van der Waals surface area contributed by atoms with E-state index in [0.717, 1.165) is 0 Å². The maximum Gasteiger partial charge on any atom is 0.268 e. The lowest BCUT2D eigenvalue weighted by molar-refractivity contribution is 0.125. The molecule has 0 fully saturated rings. The van der Waals surface area contributed by atoms with Gasteiger partial charge in [0.05, 0.1) is 0 Å². The molecule has 0 atom stereocenters. The minimum absolute atomic E-state index is 0.264. The van der Waals surface area contributed by atoms with Gasteiger partial charge in [-0.25, -0.2) is 0 Å². The van der Waals surface area contributed by atoms with Gasteiger partial charge in [-0.2, -0.15) is 0 Å². The van der Waals surface area contributed by atoms with Crippen LogP contribution in [0.1, 0.15) is 33.3 Å². The molecule has 3 heteroatoms. The third-order valence-corrected chi connectivity index (χ3v) is 1.72. The van der Waals surface area contributed by atoms with E-state index in [1.807, 2.05) is 27.7 Å². The van der Waals surface area contributed by atoms with Crippen LogP contribution < -0.4 is 15.6 Å². The van der Waals surface area contributed by atoms with E-state index in [0.29, 0.717) is 12.0 Å². The Hall–Kier alpha value is -1.12. The molecule has 1 rings (SSSR count). The predicted octanol–water partition coefficient (Wildman–Crippen LogP) is 1.02. The van der Waals surface area contributed by atoms with Crippen molar-refractivity contribution < 1.29 is 4.74 Å². The van der Waals surface area contributed by atoms with Gasteiger partial charge in [0.15, 0.2) is 5.75 Å². The van der Waals surface area contributed by atoms with Crippen LogP contribution in [0.5, 0.6) is 5.75 Å². The van der Waals surface area contributed by atoms with Crippen molar-refractivity contribution in [1.82, 2.24) is 0 Å². The Balaban J connectivity index is 2.98. The molecule has 0 aliphatic rings. The van der Waals surface area contributed by atoms with Gasteiger partial charge in [-0.15, -0.1) is 0 Å². The van der Waals surface area contributed by atoms with Crippen LogP contribution in [-0.4, -0.2) is 5.60 Å². The van der Waals surface area contributed by atoms with Crippen LogP contribution in [0.25, 0.3) is 0 Å². The van der Waals surface area contributed by atoms with Crippen LogP contribution in [0.4, 0.5) is 0 Å². The summed E-state index contributed by atoms with van der Waals surface area (Å²) in [5.74, 6) is 0.264. The fourth-order valence-electron chi connectivity index (χ4n) is 1.15. The maximum absolute atomic E-state index is 11.1. The van der Waals surface area contributed by atoms with Crippen molar-refractivity contribution >= 4 is 0 Å². The molecule has 13 heavy (non-hydrogen) atoms. The van der Waals surface area contributed by atoms with Gasteiger partial charge in [-0.1, -0.05) is 6.92 Å². The summed E-state index contributed by atoms with van der Waals surface area (Å²) in [4.78, 5) is 22.1. The van der Waals surface area contributed by atoms with Gasteiger partial charge in [0, 0.05) is 5.56 Å². The molecule has 0 aliphatic carbocycles. The summed E-state index contributed by atoms with van der Waals surface area (Å²) in [6.45, 7) is 7.39. The van der Waals surface area contributed by atoms with Crippen LogP contribution >= 0.6 is 0 Å². The quantitative estimate of drug-likeness (QED) is 0.508. The van der Waals surface area contributed by atoms with E-state index in [-0.39, 0.29) is 11.2 Å². The first kappa shape index (κ1) is 9.96. The van der Waals surface area contributed by atoms with Crippen LogP contribution in [-0.2, 0) is 6.42 Å². The SMILES string of the molecule is C[13CH2]c1c(OC(C)(C)C)c(=O)c1=O. The van der Waals surface area contributed by atoms with E-state index >= 15 is 0 Å². The molecule has 0 N–H and O–H groups in total. The summed E-state index contributed by atoms with van der Waals surface area (Å²) >= 11 is 0. The van der Waals surface area contributed by atoms with E-state index in [2.05, 4.69) is 0 Å². The van der Waals surface area contributed by atoms with Gasteiger partial charge in [0.1, 0.15) is 5.60 Å². The van der Waals surface area contributed by atoms with Crippen LogP contribution in [0.2, 0.25) is 0 Å². The largest absolute Gasteiger partial charge is 0.483 e. The Morgan fingerprint density at radius 2 is 1.69 bits per heavy atom. The first-order valence-corrected chi connectivity index (χ1v) is 4.38. The average Bonchev–Trinajstić information content (AvgIpc) is 2.01. The molecular formula is C10H14O3. The molecule has 0 amide bonds. The highest BCUT2D eigenvalue weighted by atomic mass is 16.5. The van der Waals surface area contributed by atoms with Crippen LogP contribution in [0, 0.1) is 0 Å². The summed E-state index contributed by atoms with van der Waals surface area (Å²) in [6.07, 6.45) is 0.565. The first-order chi connectivity index (χ1) is 5.87. The average molecular weight is 183 g/mol. The Kier molecular flexibility index (Phi) is 2.28. The summed E-state index contributed by atoms with van der Waals surface area (Å²) in [7, 11) is 0. The number of hydrogen-bond acceptors (Lipinski definition) is 3. The third kappa shape index (κ3) is 1.79. The van der Waals surface area contributed by atoms with E-state index in [4.69, 9.17) is 4.74 Å². The molecule has 3 nitrogen and oxygen atoms in total. The molecule has 1 aromatic carbocycles. The minimum atomic E-state index is -0.480. The zero-order valence-corrected chi connectivity index (χ0v) is 8.43. The second-order valence-corrected chi connectivity index (χ2v) is 4.03. The summed E-state index contributed by atoms with van der Waals surface area (Å²) in [5.41, 5.74) is -0.750. The molecule has 0 unspecified atom stereocenters. The smallest absolute Gasteiger partial charge is 0.268 e. The van der Waals surface area contributed by atoms with Gasteiger partial charge in [0.2, 0.25) is 5.43 Å². The number of ether oxygens (including phenoxy) is 1. The summed E-state index contributed by atoms with van der Waals surface area (Å²) in [5, 5.41) is 0.